The van der Waals surface area contributed by atoms with Crippen molar-refractivity contribution in [2.75, 3.05) is 19.8 Å². The highest BCUT2D eigenvalue weighted by Gasteiger charge is 2.58. The molecule has 2 heterocycles. The maximum Gasteiger partial charge on any atom is 0.139 e. The van der Waals surface area contributed by atoms with Gasteiger partial charge >= 0.3 is 0 Å². The van der Waals surface area contributed by atoms with Crippen molar-refractivity contribution in [3.05, 3.63) is 0 Å². The highest BCUT2D eigenvalue weighted by Crippen LogP contribution is 2.59. The van der Waals surface area contributed by atoms with E-state index in [1.165, 1.54) is 19.3 Å². The highest BCUT2D eigenvalue weighted by molar-refractivity contribution is 5.87. The number of ether oxygens (including phenoxy) is 2. The van der Waals surface area contributed by atoms with Gasteiger partial charge in [0, 0.05) is 31.5 Å². The van der Waals surface area contributed by atoms with Crippen molar-refractivity contribution in [2.24, 2.45) is 23.7 Å². The van der Waals surface area contributed by atoms with Crippen LogP contribution in [0.3, 0.4) is 0 Å². The number of fused-ring (bicyclic) bond motifs is 1. The Morgan fingerprint density at radius 3 is 2.67 bits per heavy atom. The Hall–Kier alpha value is -0.410. The fourth-order valence-electron chi connectivity index (χ4n) is 4.65. The SMILES string of the molecule is O=C(C1CCOC2(CCOC2)C1)C1C2CCCC21. The van der Waals surface area contributed by atoms with Gasteiger partial charge < -0.3 is 9.47 Å². The van der Waals surface area contributed by atoms with E-state index in [-0.39, 0.29) is 11.5 Å². The van der Waals surface area contributed by atoms with Crippen LogP contribution in [0.4, 0.5) is 0 Å². The monoisotopic (exact) mass is 250 g/mol. The second kappa shape index (κ2) is 4.04. The van der Waals surface area contributed by atoms with Crippen LogP contribution in [0.2, 0.25) is 0 Å². The van der Waals surface area contributed by atoms with Gasteiger partial charge in [0.1, 0.15) is 5.78 Å². The van der Waals surface area contributed by atoms with E-state index in [0.29, 0.717) is 18.3 Å². The van der Waals surface area contributed by atoms with Gasteiger partial charge in [0.15, 0.2) is 0 Å². The lowest BCUT2D eigenvalue weighted by Crippen LogP contribution is -2.43. The van der Waals surface area contributed by atoms with E-state index in [1.807, 2.05) is 0 Å². The summed E-state index contributed by atoms with van der Waals surface area (Å²) < 4.78 is 11.4. The summed E-state index contributed by atoms with van der Waals surface area (Å²) in [5, 5.41) is 0. The molecule has 18 heavy (non-hydrogen) atoms. The van der Waals surface area contributed by atoms with Gasteiger partial charge in [0.25, 0.3) is 0 Å². The standard InChI is InChI=1S/C15H22O3/c16-14(13-11-2-1-3-12(11)13)10-4-6-18-15(8-10)5-7-17-9-15/h10-13H,1-9H2. The Balaban J connectivity index is 1.43. The molecule has 1 spiro atoms. The van der Waals surface area contributed by atoms with Crippen molar-refractivity contribution in [1.82, 2.24) is 0 Å². The third-order valence-electron chi connectivity index (χ3n) is 5.70. The number of rotatable bonds is 2. The first-order valence-corrected chi connectivity index (χ1v) is 7.55. The van der Waals surface area contributed by atoms with Crippen molar-refractivity contribution in [3.8, 4) is 0 Å². The molecule has 4 rings (SSSR count). The fourth-order valence-corrected chi connectivity index (χ4v) is 4.65. The number of carbonyl (C=O) groups is 1. The van der Waals surface area contributed by atoms with Gasteiger partial charge in [-0.15, -0.1) is 0 Å². The van der Waals surface area contributed by atoms with Gasteiger partial charge in [0.05, 0.1) is 12.2 Å². The van der Waals surface area contributed by atoms with Crippen LogP contribution in [-0.2, 0) is 14.3 Å². The number of carbonyl (C=O) groups excluding carboxylic acids is 1. The van der Waals surface area contributed by atoms with E-state index in [1.54, 1.807) is 0 Å². The molecule has 2 saturated carbocycles. The number of hydrogen-bond acceptors (Lipinski definition) is 3. The minimum Gasteiger partial charge on any atom is -0.378 e. The van der Waals surface area contributed by atoms with Gasteiger partial charge in [-0.1, -0.05) is 6.42 Å². The smallest absolute Gasteiger partial charge is 0.139 e. The second-order valence-electron chi connectivity index (χ2n) is 6.71. The molecule has 4 fully saturated rings. The summed E-state index contributed by atoms with van der Waals surface area (Å²) in [4.78, 5) is 12.6. The van der Waals surface area contributed by atoms with Crippen LogP contribution in [-0.4, -0.2) is 31.2 Å². The fraction of sp³-hybridized carbons (Fsp3) is 0.933. The summed E-state index contributed by atoms with van der Waals surface area (Å²) in [5.41, 5.74) is -0.109. The molecule has 2 aliphatic heterocycles. The minimum atomic E-state index is -0.109. The van der Waals surface area contributed by atoms with Crippen LogP contribution in [0.15, 0.2) is 0 Å². The van der Waals surface area contributed by atoms with Crippen molar-refractivity contribution in [3.63, 3.8) is 0 Å². The molecule has 4 atom stereocenters. The number of Topliss-reactive ketones (excluding diaryl/α,β-unsaturated/α-hetero) is 1. The molecule has 2 saturated heterocycles. The summed E-state index contributed by atoms with van der Waals surface area (Å²) >= 11 is 0. The van der Waals surface area contributed by atoms with Gasteiger partial charge in [-0.2, -0.15) is 0 Å². The second-order valence-corrected chi connectivity index (χ2v) is 6.71. The molecule has 0 aromatic rings. The molecule has 100 valence electrons. The first-order valence-electron chi connectivity index (χ1n) is 7.55. The van der Waals surface area contributed by atoms with Crippen molar-refractivity contribution >= 4 is 5.78 Å². The van der Waals surface area contributed by atoms with Crippen LogP contribution in [0.5, 0.6) is 0 Å². The predicted molar refractivity (Wildman–Crippen MR) is 66.2 cm³/mol. The van der Waals surface area contributed by atoms with Crippen LogP contribution in [0, 0.1) is 23.7 Å². The molecule has 2 aliphatic carbocycles. The summed E-state index contributed by atoms with van der Waals surface area (Å²) in [6, 6.07) is 0. The maximum atomic E-state index is 12.6. The first-order chi connectivity index (χ1) is 8.79. The van der Waals surface area contributed by atoms with Gasteiger partial charge in [0.2, 0.25) is 0 Å². The zero-order valence-corrected chi connectivity index (χ0v) is 10.9. The van der Waals surface area contributed by atoms with Crippen LogP contribution in [0.25, 0.3) is 0 Å². The quantitative estimate of drug-likeness (QED) is 0.753. The first kappa shape index (κ1) is 11.4. The predicted octanol–water partition coefficient (Wildman–Crippen LogP) is 2.19. The molecule has 0 N–H and O–H groups in total. The Morgan fingerprint density at radius 2 is 1.94 bits per heavy atom. The number of ketones is 1. The third-order valence-corrected chi connectivity index (χ3v) is 5.70. The highest BCUT2D eigenvalue weighted by atomic mass is 16.6. The molecule has 0 aromatic heterocycles. The molecule has 4 aliphatic rings. The van der Waals surface area contributed by atoms with E-state index < -0.39 is 0 Å². The van der Waals surface area contributed by atoms with E-state index in [4.69, 9.17) is 9.47 Å². The summed E-state index contributed by atoms with van der Waals surface area (Å²) in [7, 11) is 0. The third kappa shape index (κ3) is 1.67. The average molecular weight is 250 g/mol. The molecule has 0 amide bonds. The molecule has 0 aromatic carbocycles. The van der Waals surface area contributed by atoms with Crippen LogP contribution in [0.1, 0.15) is 38.5 Å². The Bertz CT molecular complexity index is 349. The zero-order valence-electron chi connectivity index (χ0n) is 10.9. The Labute approximate surface area is 108 Å². The Morgan fingerprint density at radius 1 is 1.11 bits per heavy atom. The average Bonchev–Trinajstić information content (AvgIpc) is 2.78. The molecule has 0 radical (unpaired) electrons. The van der Waals surface area contributed by atoms with Crippen molar-refractivity contribution in [2.45, 2.75) is 44.1 Å². The van der Waals surface area contributed by atoms with Gasteiger partial charge in [-0.05, 0) is 37.5 Å². The molecule has 3 nitrogen and oxygen atoms in total. The Kier molecular flexibility index (Phi) is 2.56. The lowest BCUT2D eigenvalue weighted by molar-refractivity contribution is -0.139. The summed E-state index contributed by atoms with van der Waals surface area (Å²) in [6.45, 7) is 2.26. The molecular weight excluding hydrogens is 228 g/mol. The lowest BCUT2D eigenvalue weighted by atomic mass is 9.81. The largest absolute Gasteiger partial charge is 0.378 e. The maximum absolute atomic E-state index is 12.6. The van der Waals surface area contributed by atoms with Crippen molar-refractivity contribution in [1.29, 1.82) is 0 Å². The zero-order chi connectivity index (χ0) is 12.2. The minimum absolute atomic E-state index is 0.109. The molecule has 4 unspecified atom stereocenters. The van der Waals surface area contributed by atoms with E-state index in [9.17, 15) is 4.79 Å². The van der Waals surface area contributed by atoms with Gasteiger partial charge in [-0.25, -0.2) is 0 Å². The van der Waals surface area contributed by atoms with Gasteiger partial charge in [-0.3, -0.25) is 4.79 Å². The summed E-state index contributed by atoms with van der Waals surface area (Å²) in [5.74, 6) is 2.78. The van der Waals surface area contributed by atoms with Crippen LogP contribution < -0.4 is 0 Å². The van der Waals surface area contributed by atoms with Crippen LogP contribution >= 0.6 is 0 Å². The van der Waals surface area contributed by atoms with E-state index in [0.717, 1.165) is 44.3 Å². The normalized spacial score (nSPS) is 50.4. The molecular formula is C15H22O3. The van der Waals surface area contributed by atoms with Crippen molar-refractivity contribution < 1.29 is 14.3 Å². The summed E-state index contributed by atoms with van der Waals surface area (Å²) in [6.07, 6.45) is 6.80. The lowest BCUT2D eigenvalue weighted by Gasteiger charge is -2.36. The molecule has 0 bridgehead atoms. The van der Waals surface area contributed by atoms with E-state index >= 15 is 0 Å². The molecule has 3 heteroatoms. The van der Waals surface area contributed by atoms with E-state index in [2.05, 4.69) is 0 Å². The topological polar surface area (TPSA) is 35.5 Å². The number of hydrogen-bond donors (Lipinski definition) is 0.